The minimum atomic E-state index is 0.316. The van der Waals surface area contributed by atoms with Crippen molar-refractivity contribution in [1.29, 1.82) is 0 Å². The Hall–Kier alpha value is 0.110. The lowest BCUT2D eigenvalue weighted by molar-refractivity contribution is 0.479. The van der Waals surface area contributed by atoms with Crippen molar-refractivity contribution < 1.29 is 0 Å². The van der Waals surface area contributed by atoms with Gasteiger partial charge in [-0.1, -0.05) is 36.5 Å². The number of hydrogen-bond donors (Lipinski definition) is 1. The summed E-state index contributed by atoms with van der Waals surface area (Å²) in [6, 6.07) is 6.11. The maximum absolute atomic E-state index is 6.38. The standard InChI is InChI=1S/C15H21Cl2NS/c1-2-8-18-15(14-5-3-4-9-19-14)12-10-11(16)6-7-13(12)17/h6-7,10,14-15,18H,2-5,8-9H2,1H3. The molecular weight excluding hydrogens is 297 g/mol. The van der Waals surface area contributed by atoms with E-state index in [0.29, 0.717) is 11.3 Å². The molecule has 0 aliphatic carbocycles. The van der Waals surface area contributed by atoms with Crippen LogP contribution in [0.5, 0.6) is 0 Å². The highest BCUT2D eigenvalue weighted by molar-refractivity contribution is 8.00. The molecule has 4 heteroatoms. The molecule has 2 unspecified atom stereocenters. The predicted molar refractivity (Wildman–Crippen MR) is 87.6 cm³/mol. The average Bonchev–Trinajstić information content (AvgIpc) is 2.44. The number of benzene rings is 1. The second-order valence-electron chi connectivity index (χ2n) is 5.00. The SMILES string of the molecule is CCCNC(c1cc(Cl)ccc1Cl)C1CCCCS1. The Kier molecular flexibility index (Phi) is 6.34. The van der Waals surface area contributed by atoms with Crippen LogP contribution in [0.1, 0.15) is 44.2 Å². The summed E-state index contributed by atoms with van der Waals surface area (Å²) >= 11 is 14.6. The maximum Gasteiger partial charge on any atom is 0.0455 e. The van der Waals surface area contributed by atoms with Gasteiger partial charge in [0.2, 0.25) is 0 Å². The van der Waals surface area contributed by atoms with Gasteiger partial charge in [0.1, 0.15) is 0 Å². The van der Waals surface area contributed by atoms with Crippen molar-refractivity contribution in [1.82, 2.24) is 5.32 Å². The van der Waals surface area contributed by atoms with Gasteiger partial charge in [-0.3, -0.25) is 0 Å². The molecule has 0 spiro atoms. The Morgan fingerprint density at radius 3 is 2.89 bits per heavy atom. The molecule has 2 atom stereocenters. The van der Waals surface area contributed by atoms with Gasteiger partial charge in [-0.2, -0.15) is 11.8 Å². The van der Waals surface area contributed by atoms with E-state index < -0.39 is 0 Å². The van der Waals surface area contributed by atoms with Gasteiger partial charge in [-0.05, 0) is 55.3 Å². The van der Waals surface area contributed by atoms with Crippen molar-refractivity contribution in [3.05, 3.63) is 33.8 Å². The van der Waals surface area contributed by atoms with E-state index >= 15 is 0 Å². The molecule has 0 aromatic heterocycles. The van der Waals surface area contributed by atoms with Gasteiger partial charge < -0.3 is 5.32 Å². The molecule has 1 aliphatic rings. The molecule has 1 nitrogen and oxygen atoms in total. The third-order valence-electron chi connectivity index (χ3n) is 3.49. The summed E-state index contributed by atoms with van der Waals surface area (Å²) in [5.41, 5.74) is 1.15. The van der Waals surface area contributed by atoms with E-state index in [9.17, 15) is 0 Å². The smallest absolute Gasteiger partial charge is 0.0455 e. The summed E-state index contributed by atoms with van der Waals surface area (Å²) in [4.78, 5) is 0. The first kappa shape index (κ1) is 15.5. The summed E-state index contributed by atoms with van der Waals surface area (Å²) < 4.78 is 0. The molecule has 1 saturated heterocycles. The van der Waals surface area contributed by atoms with Crippen molar-refractivity contribution in [2.45, 2.75) is 43.9 Å². The monoisotopic (exact) mass is 317 g/mol. The third-order valence-corrected chi connectivity index (χ3v) is 5.53. The molecule has 0 saturated carbocycles. The molecule has 1 aromatic rings. The number of halogens is 2. The van der Waals surface area contributed by atoms with E-state index in [1.165, 1.54) is 25.0 Å². The van der Waals surface area contributed by atoms with Gasteiger partial charge in [0.15, 0.2) is 0 Å². The summed E-state index contributed by atoms with van der Waals surface area (Å²) in [6.45, 7) is 3.21. The second-order valence-corrected chi connectivity index (χ2v) is 7.19. The van der Waals surface area contributed by atoms with Crippen LogP contribution in [0, 0.1) is 0 Å². The zero-order valence-corrected chi connectivity index (χ0v) is 13.6. The number of hydrogen-bond acceptors (Lipinski definition) is 2. The van der Waals surface area contributed by atoms with Gasteiger partial charge in [-0.25, -0.2) is 0 Å². The molecule has 0 amide bonds. The van der Waals surface area contributed by atoms with Crippen LogP contribution in [0.2, 0.25) is 10.0 Å². The first-order valence-electron chi connectivity index (χ1n) is 7.02. The van der Waals surface area contributed by atoms with E-state index in [0.717, 1.165) is 28.6 Å². The second kappa shape index (κ2) is 7.78. The highest BCUT2D eigenvalue weighted by Crippen LogP contribution is 2.38. The van der Waals surface area contributed by atoms with Crippen LogP contribution in [0.4, 0.5) is 0 Å². The molecule has 2 rings (SSSR count). The molecular formula is C15H21Cl2NS. The average molecular weight is 318 g/mol. The molecule has 1 aliphatic heterocycles. The van der Waals surface area contributed by atoms with E-state index in [-0.39, 0.29) is 0 Å². The molecule has 0 radical (unpaired) electrons. The van der Waals surface area contributed by atoms with Crippen LogP contribution in [-0.4, -0.2) is 17.5 Å². The van der Waals surface area contributed by atoms with Crippen LogP contribution in [0.3, 0.4) is 0 Å². The quantitative estimate of drug-likeness (QED) is 0.788. The molecule has 1 heterocycles. The van der Waals surface area contributed by atoms with Gasteiger partial charge >= 0.3 is 0 Å². The number of rotatable bonds is 5. The van der Waals surface area contributed by atoms with Crippen LogP contribution < -0.4 is 5.32 Å². The molecule has 1 aromatic carbocycles. The van der Waals surface area contributed by atoms with Gasteiger partial charge in [0.25, 0.3) is 0 Å². The van der Waals surface area contributed by atoms with Crippen molar-refractivity contribution in [3.8, 4) is 0 Å². The van der Waals surface area contributed by atoms with Gasteiger partial charge in [-0.15, -0.1) is 0 Å². The first-order chi connectivity index (χ1) is 9.22. The van der Waals surface area contributed by atoms with Crippen LogP contribution in [0.25, 0.3) is 0 Å². The molecule has 19 heavy (non-hydrogen) atoms. The Morgan fingerprint density at radius 2 is 2.21 bits per heavy atom. The Bertz CT molecular complexity index is 405. The fraction of sp³-hybridized carbons (Fsp3) is 0.600. The zero-order valence-electron chi connectivity index (χ0n) is 11.3. The molecule has 1 fully saturated rings. The van der Waals surface area contributed by atoms with Crippen LogP contribution >= 0.6 is 35.0 Å². The summed E-state index contributed by atoms with van der Waals surface area (Å²) in [5, 5.41) is 5.86. The minimum Gasteiger partial charge on any atom is -0.309 e. The number of thioether (sulfide) groups is 1. The van der Waals surface area contributed by atoms with Gasteiger partial charge in [0, 0.05) is 21.3 Å². The van der Waals surface area contributed by atoms with E-state index in [4.69, 9.17) is 23.2 Å². The summed E-state index contributed by atoms with van der Waals surface area (Å²) in [7, 11) is 0. The Morgan fingerprint density at radius 1 is 1.37 bits per heavy atom. The fourth-order valence-electron chi connectivity index (χ4n) is 2.52. The van der Waals surface area contributed by atoms with E-state index in [2.05, 4.69) is 24.0 Å². The normalized spacial score (nSPS) is 21.3. The largest absolute Gasteiger partial charge is 0.309 e. The summed E-state index contributed by atoms with van der Waals surface area (Å²) in [6.07, 6.45) is 5.05. The minimum absolute atomic E-state index is 0.316. The van der Waals surface area contributed by atoms with Crippen molar-refractivity contribution in [2.75, 3.05) is 12.3 Å². The molecule has 0 bridgehead atoms. The van der Waals surface area contributed by atoms with Crippen LogP contribution in [0.15, 0.2) is 18.2 Å². The lowest BCUT2D eigenvalue weighted by Gasteiger charge is -2.31. The fourth-order valence-corrected chi connectivity index (χ4v) is 4.38. The van der Waals surface area contributed by atoms with Crippen molar-refractivity contribution in [3.63, 3.8) is 0 Å². The highest BCUT2D eigenvalue weighted by Gasteiger charge is 2.26. The lowest BCUT2D eigenvalue weighted by atomic mass is 9.99. The predicted octanol–water partition coefficient (Wildman–Crippen LogP) is 5.32. The maximum atomic E-state index is 6.38. The molecule has 106 valence electrons. The Balaban J connectivity index is 2.22. The van der Waals surface area contributed by atoms with Crippen molar-refractivity contribution >= 4 is 35.0 Å². The lowest BCUT2D eigenvalue weighted by Crippen LogP contribution is -2.32. The highest BCUT2D eigenvalue weighted by atomic mass is 35.5. The number of nitrogens with one attached hydrogen (secondary N) is 1. The van der Waals surface area contributed by atoms with Gasteiger partial charge in [0.05, 0.1) is 0 Å². The van der Waals surface area contributed by atoms with Crippen LogP contribution in [-0.2, 0) is 0 Å². The third kappa shape index (κ3) is 4.29. The Labute approximate surface area is 130 Å². The van der Waals surface area contributed by atoms with E-state index in [1.807, 2.05) is 18.2 Å². The first-order valence-corrected chi connectivity index (χ1v) is 8.82. The topological polar surface area (TPSA) is 12.0 Å². The zero-order chi connectivity index (χ0) is 13.7. The molecule has 1 N–H and O–H groups in total. The van der Waals surface area contributed by atoms with E-state index in [1.54, 1.807) is 0 Å². The summed E-state index contributed by atoms with van der Waals surface area (Å²) in [5.74, 6) is 1.26. The van der Waals surface area contributed by atoms with Crippen molar-refractivity contribution in [2.24, 2.45) is 0 Å².